The van der Waals surface area contributed by atoms with E-state index in [9.17, 15) is 9.59 Å². The van der Waals surface area contributed by atoms with E-state index in [2.05, 4.69) is 15.6 Å². The molecule has 0 atom stereocenters. The van der Waals surface area contributed by atoms with Gasteiger partial charge in [-0.2, -0.15) is 0 Å². The maximum atomic E-state index is 11.5. The summed E-state index contributed by atoms with van der Waals surface area (Å²) in [5.74, 6) is -1.22. The minimum atomic E-state index is -1.09. The van der Waals surface area contributed by atoms with Crippen molar-refractivity contribution in [2.45, 2.75) is 26.3 Å². The second-order valence-electron chi connectivity index (χ2n) is 4.14. The number of nitrogens with zero attached hydrogens (tertiary/aromatic N) is 1. The Morgan fingerprint density at radius 3 is 2.61 bits per heavy atom. The lowest BCUT2D eigenvalue weighted by atomic mass is 10.3. The van der Waals surface area contributed by atoms with Crippen LogP contribution in [0.1, 0.15) is 30.8 Å². The fourth-order valence-electron chi connectivity index (χ4n) is 1.29. The van der Waals surface area contributed by atoms with Gasteiger partial charge in [0, 0.05) is 19.0 Å². The fourth-order valence-corrected chi connectivity index (χ4v) is 1.29. The van der Waals surface area contributed by atoms with E-state index in [-0.39, 0.29) is 11.6 Å². The molecule has 1 aromatic rings. The molecule has 0 aliphatic heterocycles. The van der Waals surface area contributed by atoms with Crippen LogP contribution in [0.5, 0.6) is 0 Å². The van der Waals surface area contributed by atoms with Gasteiger partial charge in [-0.1, -0.05) is 13.8 Å². The average Bonchev–Trinajstić information content (AvgIpc) is 2.29. The van der Waals surface area contributed by atoms with Crippen LogP contribution in [0.2, 0.25) is 0 Å². The molecular formula is C12H17N3O3. The number of aromatic nitrogens is 1. The highest BCUT2D eigenvalue weighted by Gasteiger charge is 2.06. The molecule has 0 fully saturated rings. The van der Waals surface area contributed by atoms with Gasteiger partial charge in [0.05, 0.1) is 11.9 Å². The van der Waals surface area contributed by atoms with Gasteiger partial charge in [0.15, 0.2) is 0 Å². The Morgan fingerprint density at radius 1 is 1.39 bits per heavy atom. The Bertz CT molecular complexity index is 415. The highest BCUT2D eigenvalue weighted by atomic mass is 16.4. The predicted molar refractivity (Wildman–Crippen MR) is 67.6 cm³/mol. The van der Waals surface area contributed by atoms with Gasteiger partial charge < -0.3 is 15.7 Å². The molecule has 1 rings (SSSR count). The number of aromatic carboxylic acids is 1. The van der Waals surface area contributed by atoms with Crippen molar-refractivity contribution in [2.75, 3.05) is 11.9 Å². The van der Waals surface area contributed by atoms with E-state index in [1.54, 1.807) is 0 Å². The molecule has 0 spiro atoms. The molecule has 0 unspecified atom stereocenters. The van der Waals surface area contributed by atoms with Gasteiger partial charge in [-0.05, 0) is 12.1 Å². The number of carboxylic acids is 1. The quantitative estimate of drug-likeness (QED) is 0.704. The van der Waals surface area contributed by atoms with Crippen molar-refractivity contribution in [1.29, 1.82) is 0 Å². The van der Waals surface area contributed by atoms with Crippen LogP contribution in [0.15, 0.2) is 18.3 Å². The molecule has 0 aliphatic carbocycles. The number of hydrogen-bond acceptors (Lipinski definition) is 4. The third kappa shape index (κ3) is 4.92. The lowest BCUT2D eigenvalue weighted by Crippen LogP contribution is -2.27. The molecule has 98 valence electrons. The standard InChI is InChI=1S/C12H17N3O3/c1-8(2)13-6-5-11(16)15-9-3-4-10(12(17)18)14-7-9/h3-4,7-8,13H,5-6H2,1-2H3,(H,15,16)(H,17,18). The van der Waals surface area contributed by atoms with Crippen molar-refractivity contribution in [1.82, 2.24) is 10.3 Å². The molecular weight excluding hydrogens is 234 g/mol. The van der Waals surface area contributed by atoms with E-state index >= 15 is 0 Å². The van der Waals surface area contributed by atoms with Crippen LogP contribution in [0.25, 0.3) is 0 Å². The summed E-state index contributed by atoms with van der Waals surface area (Å²) in [7, 11) is 0. The van der Waals surface area contributed by atoms with Crippen LogP contribution < -0.4 is 10.6 Å². The van der Waals surface area contributed by atoms with Crippen LogP contribution in [-0.4, -0.2) is 34.6 Å². The zero-order chi connectivity index (χ0) is 13.5. The molecule has 0 radical (unpaired) electrons. The van der Waals surface area contributed by atoms with E-state index in [4.69, 9.17) is 5.11 Å². The van der Waals surface area contributed by atoms with Crippen LogP contribution in [-0.2, 0) is 4.79 Å². The number of carbonyl (C=O) groups excluding carboxylic acids is 1. The molecule has 6 nitrogen and oxygen atoms in total. The molecule has 0 aliphatic rings. The Kier molecular flexibility index (Phi) is 5.26. The molecule has 1 amide bonds. The van der Waals surface area contributed by atoms with E-state index in [1.807, 2.05) is 13.8 Å². The van der Waals surface area contributed by atoms with Crippen LogP contribution in [0, 0.1) is 0 Å². The first-order valence-electron chi connectivity index (χ1n) is 5.71. The van der Waals surface area contributed by atoms with E-state index < -0.39 is 5.97 Å². The molecule has 1 aromatic heterocycles. The Morgan fingerprint density at radius 2 is 2.11 bits per heavy atom. The summed E-state index contributed by atoms with van der Waals surface area (Å²) >= 11 is 0. The first-order valence-corrected chi connectivity index (χ1v) is 5.71. The molecule has 18 heavy (non-hydrogen) atoms. The lowest BCUT2D eigenvalue weighted by Gasteiger charge is -2.08. The van der Waals surface area contributed by atoms with E-state index in [0.29, 0.717) is 24.7 Å². The molecule has 0 aromatic carbocycles. The van der Waals surface area contributed by atoms with Gasteiger partial charge in [-0.25, -0.2) is 9.78 Å². The molecule has 0 saturated heterocycles. The number of carboxylic acid groups (broad SMARTS) is 1. The topological polar surface area (TPSA) is 91.3 Å². The second kappa shape index (κ2) is 6.70. The number of rotatable bonds is 6. The summed E-state index contributed by atoms with van der Waals surface area (Å²) in [6.07, 6.45) is 1.69. The van der Waals surface area contributed by atoms with Crippen LogP contribution >= 0.6 is 0 Å². The maximum Gasteiger partial charge on any atom is 0.354 e. The predicted octanol–water partition coefficient (Wildman–Crippen LogP) is 1.11. The largest absolute Gasteiger partial charge is 0.477 e. The van der Waals surface area contributed by atoms with Gasteiger partial charge >= 0.3 is 5.97 Å². The summed E-state index contributed by atoms with van der Waals surface area (Å²) in [6.45, 7) is 4.61. The first kappa shape index (κ1) is 14.1. The molecule has 0 saturated carbocycles. The molecule has 3 N–H and O–H groups in total. The minimum Gasteiger partial charge on any atom is -0.477 e. The zero-order valence-corrected chi connectivity index (χ0v) is 10.4. The summed E-state index contributed by atoms with van der Waals surface area (Å²) in [4.78, 5) is 25.8. The minimum absolute atomic E-state index is 0.0468. The first-order chi connectivity index (χ1) is 8.49. The molecule has 1 heterocycles. The zero-order valence-electron chi connectivity index (χ0n) is 10.4. The van der Waals surface area contributed by atoms with E-state index in [1.165, 1.54) is 18.3 Å². The Hall–Kier alpha value is -1.95. The number of nitrogens with one attached hydrogen (secondary N) is 2. The number of pyridine rings is 1. The van der Waals surface area contributed by atoms with Crippen LogP contribution in [0.4, 0.5) is 5.69 Å². The second-order valence-corrected chi connectivity index (χ2v) is 4.14. The van der Waals surface area contributed by atoms with Crippen molar-refractivity contribution < 1.29 is 14.7 Å². The Labute approximate surface area is 105 Å². The smallest absolute Gasteiger partial charge is 0.354 e. The average molecular weight is 251 g/mol. The number of carbonyl (C=O) groups is 2. The summed E-state index contributed by atoms with van der Waals surface area (Å²) in [6, 6.07) is 3.21. The summed E-state index contributed by atoms with van der Waals surface area (Å²) in [5.41, 5.74) is 0.448. The number of amides is 1. The Balaban J connectivity index is 2.42. The SMILES string of the molecule is CC(C)NCCC(=O)Nc1ccc(C(=O)O)nc1. The molecule has 0 bridgehead atoms. The van der Waals surface area contributed by atoms with Crippen molar-refractivity contribution >= 4 is 17.6 Å². The van der Waals surface area contributed by atoms with Gasteiger partial charge in [0.1, 0.15) is 5.69 Å². The van der Waals surface area contributed by atoms with Crippen molar-refractivity contribution in [3.05, 3.63) is 24.0 Å². The van der Waals surface area contributed by atoms with E-state index in [0.717, 1.165) is 0 Å². The van der Waals surface area contributed by atoms with Gasteiger partial charge in [-0.15, -0.1) is 0 Å². The van der Waals surface area contributed by atoms with Gasteiger partial charge in [-0.3, -0.25) is 4.79 Å². The number of hydrogen-bond donors (Lipinski definition) is 3. The van der Waals surface area contributed by atoms with Gasteiger partial charge in [0.2, 0.25) is 5.91 Å². The third-order valence-electron chi connectivity index (χ3n) is 2.17. The van der Waals surface area contributed by atoms with Crippen LogP contribution in [0.3, 0.4) is 0 Å². The van der Waals surface area contributed by atoms with Crippen molar-refractivity contribution in [3.8, 4) is 0 Å². The van der Waals surface area contributed by atoms with Crippen molar-refractivity contribution in [2.24, 2.45) is 0 Å². The normalized spacial score (nSPS) is 10.4. The summed E-state index contributed by atoms with van der Waals surface area (Å²) in [5, 5.41) is 14.4. The highest BCUT2D eigenvalue weighted by molar-refractivity contribution is 5.91. The highest BCUT2D eigenvalue weighted by Crippen LogP contribution is 2.06. The fraction of sp³-hybridized carbons (Fsp3) is 0.417. The lowest BCUT2D eigenvalue weighted by molar-refractivity contribution is -0.116. The monoisotopic (exact) mass is 251 g/mol. The van der Waals surface area contributed by atoms with Crippen molar-refractivity contribution in [3.63, 3.8) is 0 Å². The number of anilines is 1. The third-order valence-corrected chi connectivity index (χ3v) is 2.17. The summed E-state index contributed by atoms with van der Waals surface area (Å²) < 4.78 is 0. The molecule has 6 heteroatoms. The van der Waals surface area contributed by atoms with Gasteiger partial charge in [0.25, 0.3) is 0 Å². The maximum absolute atomic E-state index is 11.5.